The zero-order valence-corrected chi connectivity index (χ0v) is 14.7. The van der Waals surface area contributed by atoms with Gasteiger partial charge < -0.3 is 9.84 Å². The average Bonchev–Trinajstić information content (AvgIpc) is 2.63. The molecule has 122 valence electrons. The molecule has 0 radical (unpaired) electrons. The Kier molecular flexibility index (Phi) is 4.81. The second-order valence-electron chi connectivity index (χ2n) is 5.46. The number of aromatic hydroxyl groups is 1. The van der Waals surface area contributed by atoms with Crippen molar-refractivity contribution in [1.82, 2.24) is 4.98 Å². The Labute approximate surface area is 148 Å². The predicted octanol–water partition coefficient (Wildman–Crippen LogP) is 4.27. The lowest BCUT2D eigenvalue weighted by Crippen LogP contribution is -2.05. The van der Waals surface area contributed by atoms with Gasteiger partial charge in [0, 0.05) is 10.8 Å². The van der Waals surface area contributed by atoms with E-state index in [-0.39, 0.29) is 11.4 Å². The first-order chi connectivity index (χ1) is 11.6. The molecule has 0 aliphatic rings. The zero-order valence-electron chi connectivity index (χ0n) is 13.1. The fraction of sp³-hybridized carbons (Fsp3) is 0.158. The van der Waals surface area contributed by atoms with Gasteiger partial charge in [-0.15, -0.1) is 0 Å². The second kappa shape index (κ2) is 7.01. The molecule has 0 aliphatic heterocycles. The van der Waals surface area contributed by atoms with E-state index in [1.165, 1.54) is 12.7 Å². The summed E-state index contributed by atoms with van der Waals surface area (Å²) in [5, 5.41) is 11.6. The standard InChI is InChI=1S/C19H16BrNO3/c1-24-19(23)16-17(22)14-10-9-13(11-15(14)18(20)21-16)8-7-12-5-3-2-4-6-12/h2-6,9-11,22H,7-8H2,1H3. The number of esters is 1. The minimum atomic E-state index is -0.664. The van der Waals surface area contributed by atoms with Crippen molar-refractivity contribution in [3.63, 3.8) is 0 Å². The van der Waals surface area contributed by atoms with E-state index in [2.05, 4.69) is 37.8 Å². The molecular weight excluding hydrogens is 370 g/mol. The summed E-state index contributed by atoms with van der Waals surface area (Å²) in [6, 6.07) is 16.0. The first-order valence-corrected chi connectivity index (χ1v) is 8.33. The first kappa shape index (κ1) is 16.5. The summed E-state index contributed by atoms with van der Waals surface area (Å²) in [6.07, 6.45) is 1.82. The van der Waals surface area contributed by atoms with Crippen molar-refractivity contribution in [2.45, 2.75) is 12.8 Å². The molecule has 0 fully saturated rings. The lowest BCUT2D eigenvalue weighted by molar-refractivity contribution is 0.0590. The van der Waals surface area contributed by atoms with Crippen molar-refractivity contribution >= 4 is 32.7 Å². The van der Waals surface area contributed by atoms with Crippen LogP contribution >= 0.6 is 15.9 Å². The predicted molar refractivity (Wildman–Crippen MR) is 96.3 cm³/mol. The van der Waals surface area contributed by atoms with Gasteiger partial charge in [-0.05, 0) is 46.0 Å². The van der Waals surface area contributed by atoms with Crippen molar-refractivity contribution in [1.29, 1.82) is 0 Å². The molecule has 1 heterocycles. The van der Waals surface area contributed by atoms with Gasteiger partial charge in [-0.25, -0.2) is 9.78 Å². The summed E-state index contributed by atoms with van der Waals surface area (Å²) in [5.74, 6) is -0.821. The molecule has 4 nitrogen and oxygen atoms in total. The quantitative estimate of drug-likeness (QED) is 0.537. The van der Waals surface area contributed by atoms with E-state index in [4.69, 9.17) is 0 Å². The number of hydrogen-bond donors (Lipinski definition) is 1. The molecule has 0 atom stereocenters. The van der Waals surface area contributed by atoms with Crippen LogP contribution in [0.4, 0.5) is 0 Å². The number of rotatable bonds is 4. The molecule has 0 bridgehead atoms. The Morgan fingerprint density at radius 2 is 1.79 bits per heavy atom. The zero-order chi connectivity index (χ0) is 17.1. The van der Waals surface area contributed by atoms with Crippen LogP contribution in [0.1, 0.15) is 21.6 Å². The average molecular weight is 386 g/mol. The molecule has 2 aromatic carbocycles. The molecule has 0 saturated carbocycles. The largest absolute Gasteiger partial charge is 0.505 e. The van der Waals surface area contributed by atoms with E-state index in [0.29, 0.717) is 9.99 Å². The third-order valence-electron chi connectivity index (χ3n) is 3.92. The number of carbonyl (C=O) groups excluding carboxylic acids is 1. The van der Waals surface area contributed by atoms with Gasteiger partial charge in [-0.2, -0.15) is 0 Å². The minimum absolute atomic E-state index is 0.0890. The Morgan fingerprint density at radius 1 is 1.08 bits per heavy atom. The van der Waals surface area contributed by atoms with Crippen molar-refractivity contribution < 1.29 is 14.6 Å². The van der Waals surface area contributed by atoms with Gasteiger partial charge in [0.2, 0.25) is 0 Å². The molecule has 1 aromatic heterocycles. The van der Waals surface area contributed by atoms with Crippen LogP contribution in [0.25, 0.3) is 10.8 Å². The number of methoxy groups -OCH3 is 1. The summed E-state index contributed by atoms with van der Waals surface area (Å²) in [7, 11) is 1.26. The molecule has 1 N–H and O–H groups in total. The lowest BCUT2D eigenvalue weighted by atomic mass is 10.0. The molecule has 3 aromatic rings. The van der Waals surface area contributed by atoms with Crippen molar-refractivity contribution in [2.24, 2.45) is 0 Å². The molecule has 5 heteroatoms. The van der Waals surface area contributed by atoms with Crippen LogP contribution in [-0.2, 0) is 17.6 Å². The Morgan fingerprint density at radius 3 is 2.50 bits per heavy atom. The summed E-state index contributed by atoms with van der Waals surface area (Å²) in [5.41, 5.74) is 2.33. The number of aromatic nitrogens is 1. The number of nitrogens with zero attached hydrogens (tertiary/aromatic N) is 1. The SMILES string of the molecule is COC(=O)c1nc(Br)c2cc(CCc3ccccc3)ccc2c1O. The van der Waals surface area contributed by atoms with Gasteiger partial charge in [0.1, 0.15) is 4.60 Å². The highest BCUT2D eigenvalue weighted by molar-refractivity contribution is 9.10. The molecule has 0 amide bonds. The van der Waals surface area contributed by atoms with E-state index >= 15 is 0 Å². The van der Waals surface area contributed by atoms with Gasteiger partial charge in [-0.1, -0.05) is 42.5 Å². The summed E-state index contributed by atoms with van der Waals surface area (Å²) in [6.45, 7) is 0. The van der Waals surface area contributed by atoms with Crippen molar-refractivity contribution in [2.75, 3.05) is 7.11 Å². The van der Waals surface area contributed by atoms with Crippen molar-refractivity contribution in [3.05, 3.63) is 70.0 Å². The molecule has 0 saturated heterocycles. The molecular formula is C19H16BrNO3. The van der Waals surface area contributed by atoms with E-state index in [1.54, 1.807) is 0 Å². The number of carbonyl (C=O) groups is 1. The van der Waals surface area contributed by atoms with Crippen LogP contribution in [-0.4, -0.2) is 23.2 Å². The number of aryl methyl sites for hydroxylation is 2. The van der Waals surface area contributed by atoms with Gasteiger partial charge >= 0.3 is 5.97 Å². The third-order valence-corrected chi connectivity index (χ3v) is 4.52. The highest BCUT2D eigenvalue weighted by Crippen LogP contribution is 2.33. The molecule has 0 spiro atoms. The maximum atomic E-state index is 11.7. The third kappa shape index (κ3) is 3.26. The fourth-order valence-electron chi connectivity index (χ4n) is 2.64. The van der Waals surface area contributed by atoms with E-state index in [1.807, 2.05) is 36.4 Å². The molecule has 24 heavy (non-hydrogen) atoms. The lowest BCUT2D eigenvalue weighted by Gasteiger charge is -2.10. The summed E-state index contributed by atoms with van der Waals surface area (Å²) in [4.78, 5) is 15.8. The Bertz CT molecular complexity index is 894. The van der Waals surface area contributed by atoms with Crippen LogP contribution < -0.4 is 0 Å². The first-order valence-electron chi connectivity index (χ1n) is 7.53. The van der Waals surface area contributed by atoms with E-state index in [0.717, 1.165) is 23.8 Å². The number of fused-ring (bicyclic) bond motifs is 1. The highest BCUT2D eigenvalue weighted by Gasteiger charge is 2.19. The highest BCUT2D eigenvalue weighted by atomic mass is 79.9. The van der Waals surface area contributed by atoms with Crippen molar-refractivity contribution in [3.8, 4) is 5.75 Å². The van der Waals surface area contributed by atoms with Crippen LogP contribution in [0, 0.1) is 0 Å². The molecule has 3 rings (SSSR count). The van der Waals surface area contributed by atoms with Crippen LogP contribution in [0.5, 0.6) is 5.75 Å². The van der Waals surface area contributed by atoms with Gasteiger partial charge in [0.05, 0.1) is 7.11 Å². The smallest absolute Gasteiger partial charge is 0.360 e. The maximum absolute atomic E-state index is 11.7. The molecule has 0 aliphatic carbocycles. The van der Waals surface area contributed by atoms with Crippen LogP contribution in [0.2, 0.25) is 0 Å². The van der Waals surface area contributed by atoms with Gasteiger partial charge in [0.25, 0.3) is 0 Å². The summed E-state index contributed by atoms with van der Waals surface area (Å²) < 4.78 is 5.16. The number of pyridine rings is 1. The number of hydrogen-bond acceptors (Lipinski definition) is 4. The van der Waals surface area contributed by atoms with E-state index < -0.39 is 5.97 Å². The fourth-order valence-corrected chi connectivity index (χ4v) is 3.14. The number of ether oxygens (including phenoxy) is 1. The number of halogens is 1. The molecule has 0 unspecified atom stereocenters. The Balaban J connectivity index is 1.94. The topological polar surface area (TPSA) is 59.4 Å². The normalized spacial score (nSPS) is 10.8. The monoisotopic (exact) mass is 385 g/mol. The second-order valence-corrected chi connectivity index (χ2v) is 6.21. The van der Waals surface area contributed by atoms with Gasteiger partial charge in [0.15, 0.2) is 11.4 Å². The number of benzene rings is 2. The Hall–Kier alpha value is -2.40. The van der Waals surface area contributed by atoms with Crippen LogP contribution in [0.3, 0.4) is 0 Å². The minimum Gasteiger partial charge on any atom is -0.505 e. The maximum Gasteiger partial charge on any atom is 0.360 e. The van der Waals surface area contributed by atoms with Crippen LogP contribution in [0.15, 0.2) is 53.1 Å². The van der Waals surface area contributed by atoms with E-state index in [9.17, 15) is 9.90 Å². The summed E-state index contributed by atoms with van der Waals surface area (Å²) >= 11 is 3.38. The van der Waals surface area contributed by atoms with Gasteiger partial charge in [-0.3, -0.25) is 0 Å².